The van der Waals surface area contributed by atoms with E-state index in [2.05, 4.69) is 15.3 Å². The monoisotopic (exact) mass is 398 g/mol. The molecule has 0 aliphatic rings. The highest BCUT2D eigenvalue weighted by Gasteiger charge is 2.18. The van der Waals surface area contributed by atoms with Crippen molar-refractivity contribution in [3.05, 3.63) is 70.6 Å². The van der Waals surface area contributed by atoms with Crippen LogP contribution in [0.25, 0.3) is 22.6 Å². The minimum Gasteiger partial charge on any atom is -0.348 e. The molecule has 0 aliphatic heterocycles. The minimum absolute atomic E-state index is 0.0292. The average Bonchev–Trinajstić information content (AvgIpc) is 3.32. The molecule has 0 saturated heterocycles. The van der Waals surface area contributed by atoms with Gasteiger partial charge in [0, 0.05) is 5.38 Å². The molecule has 0 radical (unpaired) electrons. The highest BCUT2D eigenvalue weighted by molar-refractivity contribution is 7.07. The molecule has 2 aromatic carbocycles. The largest absolute Gasteiger partial charge is 0.348 e. The van der Waals surface area contributed by atoms with Gasteiger partial charge in [-0.05, 0) is 36.8 Å². The number of nitrogens with one attached hydrogen (secondary N) is 1. The lowest BCUT2D eigenvalue weighted by Crippen LogP contribution is -2.30. The molecule has 0 fully saturated rings. The molecule has 1 atom stereocenters. The molecule has 0 spiro atoms. The first-order valence-electron chi connectivity index (χ1n) is 8.61. The van der Waals surface area contributed by atoms with E-state index in [-0.39, 0.29) is 12.5 Å². The van der Waals surface area contributed by atoms with Crippen LogP contribution in [0.3, 0.4) is 0 Å². The Bertz CT molecular complexity index is 1140. The van der Waals surface area contributed by atoms with Crippen molar-refractivity contribution >= 4 is 28.3 Å². The Morgan fingerprint density at radius 1 is 1.21 bits per heavy atom. The van der Waals surface area contributed by atoms with Crippen LogP contribution in [0.4, 0.5) is 8.78 Å². The van der Waals surface area contributed by atoms with Crippen LogP contribution in [0.5, 0.6) is 0 Å². The molecule has 0 saturated carbocycles. The molecule has 4 aromatic rings. The van der Waals surface area contributed by atoms with Crippen LogP contribution in [0.2, 0.25) is 0 Å². The number of aromatic nitrogens is 3. The van der Waals surface area contributed by atoms with E-state index in [1.165, 1.54) is 17.4 Å². The first kappa shape index (κ1) is 18.2. The van der Waals surface area contributed by atoms with E-state index >= 15 is 0 Å². The van der Waals surface area contributed by atoms with Gasteiger partial charge >= 0.3 is 0 Å². The summed E-state index contributed by atoms with van der Waals surface area (Å²) >= 11 is 1.45. The number of para-hydroxylation sites is 2. The Labute approximate surface area is 163 Å². The van der Waals surface area contributed by atoms with Gasteiger partial charge in [0.1, 0.15) is 12.2 Å². The lowest BCUT2D eigenvalue weighted by molar-refractivity contribution is -0.122. The molecular formula is C20H16F2N4OS. The van der Waals surface area contributed by atoms with Crippen LogP contribution in [-0.4, -0.2) is 20.4 Å². The second-order valence-electron chi connectivity index (χ2n) is 6.35. The average molecular weight is 398 g/mol. The molecule has 0 unspecified atom stereocenters. The third-order valence-electron chi connectivity index (χ3n) is 4.44. The van der Waals surface area contributed by atoms with Gasteiger partial charge in [0.25, 0.3) is 0 Å². The Kier molecular flexibility index (Phi) is 4.87. The molecule has 1 N–H and O–H groups in total. The first-order chi connectivity index (χ1) is 13.5. The summed E-state index contributed by atoms with van der Waals surface area (Å²) in [7, 11) is 0. The molecule has 5 nitrogen and oxygen atoms in total. The second kappa shape index (κ2) is 7.47. The summed E-state index contributed by atoms with van der Waals surface area (Å²) in [5, 5.41) is 4.70. The number of thiazole rings is 1. The van der Waals surface area contributed by atoms with Gasteiger partial charge in [-0.2, -0.15) is 0 Å². The van der Waals surface area contributed by atoms with Crippen LogP contribution in [0.1, 0.15) is 18.5 Å². The van der Waals surface area contributed by atoms with Crippen molar-refractivity contribution in [2.45, 2.75) is 19.5 Å². The van der Waals surface area contributed by atoms with E-state index in [1.54, 1.807) is 17.0 Å². The maximum absolute atomic E-state index is 13.5. The van der Waals surface area contributed by atoms with E-state index in [0.717, 1.165) is 23.2 Å². The standard InChI is InChI=1S/C20H16F2N4OS/c1-12(13-6-7-14(21)15(22)8-13)24-19(27)9-26-18-5-3-2-4-16(18)25-20(26)17-10-28-11-23-17/h2-8,10-12H,9H2,1H3,(H,24,27)/t12-/m1/s1. The van der Waals surface area contributed by atoms with Gasteiger partial charge in [0.05, 0.1) is 22.6 Å². The topological polar surface area (TPSA) is 59.8 Å². The van der Waals surface area contributed by atoms with Gasteiger partial charge in [-0.25, -0.2) is 18.7 Å². The summed E-state index contributed by atoms with van der Waals surface area (Å²) in [6.07, 6.45) is 0. The quantitative estimate of drug-likeness (QED) is 0.545. The molecular weight excluding hydrogens is 382 g/mol. The Hall–Kier alpha value is -3.13. The molecule has 8 heteroatoms. The highest BCUT2D eigenvalue weighted by atomic mass is 32.1. The van der Waals surface area contributed by atoms with Gasteiger partial charge in [-0.1, -0.05) is 18.2 Å². The smallest absolute Gasteiger partial charge is 0.240 e. The Morgan fingerprint density at radius 2 is 2.04 bits per heavy atom. The summed E-state index contributed by atoms with van der Waals surface area (Å²) in [5.41, 5.74) is 4.49. The van der Waals surface area contributed by atoms with E-state index < -0.39 is 17.7 Å². The molecule has 28 heavy (non-hydrogen) atoms. The number of imidazole rings is 1. The number of amides is 1. The summed E-state index contributed by atoms with van der Waals surface area (Å²) in [6.45, 7) is 1.75. The van der Waals surface area contributed by atoms with Crippen molar-refractivity contribution in [1.82, 2.24) is 19.9 Å². The van der Waals surface area contributed by atoms with E-state index in [0.29, 0.717) is 17.1 Å². The van der Waals surface area contributed by atoms with Gasteiger partial charge in [0.2, 0.25) is 5.91 Å². The molecule has 4 rings (SSSR count). The lowest BCUT2D eigenvalue weighted by atomic mass is 10.1. The Balaban J connectivity index is 1.60. The number of fused-ring (bicyclic) bond motifs is 1. The number of hydrogen-bond donors (Lipinski definition) is 1. The van der Waals surface area contributed by atoms with Crippen LogP contribution in [-0.2, 0) is 11.3 Å². The summed E-state index contributed by atoms with van der Waals surface area (Å²) in [4.78, 5) is 21.6. The van der Waals surface area contributed by atoms with Crippen molar-refractivity contribution in [2.75, 3.05) is 0 Å². The predicted octanol–water partition coefficient (Wildman–Crippen LogP) is 4.32. The fraction of sp³-hybridized carbons (Fsp3) is 0.150. The van der Waals surface area contributed by atoms with Crippen LogP contribution >= 0.6 is 11.3 Å². The SMILES string of the molecule is C[C@@H](NC(=O)Cn1c(-c2cscn2)nc2ccccc21)c1ccc(F)c(F)c1. The zero-order chi connectivity index (χ0) is 19.7. The number of halogens is 2. The van der Waals surface area contributed by atoms with Gasteiger partial charge < -0.3 is 9.88 Å². The summed E-state index contributed by atoms with van der Waals surface area (Å²) in [6, 6.07) is 10.7. The van der Waals surface area contributed by atoms with Crippen molar-refractivity contribution in [3.8, 4) is 11.5 Å². The second-order valence-corrected chi connectivity index (χ2v) is 7.07. The first-order valence-corrected chi connectivity index (χ1v) is 9.55. The predicted molar refractivity (Wildman–Crippen MR) is 104 cm³/mol. The van der Waals surface area contributed by atoms with Gasteiger partial charge in [-0.3, -0.25) is 4.79 Å². The number of rotatable bonds is 5. The van der Waals surface area contributed by atoms with Crippen molar-refractivity contribution in [3.63, 3.8) is 0 Å². The molecule has 2 aromatic heterocycles. The number of hydrogen-bond acceptors (Lipinski definition) is 4. The maximum atomic E-state index is 13.5. The van der Waals surface area contributed by atoms with E-state index in [1.807, 2.05) is 29.6 Å². The normalized spacial score (nSPS) is 12.2. The van der Waals surface area contributed by atoms with E-state index in [9.17, 15) is 13.6 Å². The number of carbonyl (C=O) groups is 1. The van der Waals surface area contributed by atoms with E-state index in [4.69, 9.17) is 0 Å². The molecule has 142 valence electrons. The molecule has 0 bridgehead atoms. The van der Waals surface area contributed by atoms with Crippen molar-refractivity contribution in [2.24, 2.45) is 0 Å². The number of carbonyl (C=O) groups excluding carboxylic acids is 1. The minimum atomic E-state index is -0.940. The van der Waals surface area contributed by atoms with Crippen molar-refractivity contribution < 1.29 is 13.6 Å². The molecule has 0 aliphatic carbocycles. The zero-order valence-corrected chi connectivity index (χ0v) is 15.7. The third-order valence-corrected chi connectivity index (χ3v) is 5.03. The van der Waals surface area contributed by atoms with Gasteiger partial charge in [0.15, 0.2) is 17.5 Å². The summed E-state index contributed by atoms with van der Waals surface area (Å²) in [5.74, 6) is -1.51. The number of benzene rings is 2. The molecule has 2 heterocycles. The van der Waals surface area contributed by atoms with Gasteiger partial charge in [-0.15, -0.1) is 11.3 Å². The Morgan fingerprint density at radius 3 is 2.79 bits per heavy atom. The fourth-order valence-electron chi connectivity index (χ4n) is 3.05. The number of nitrogens with zero attached hydrogens (tertiary/aromatic N) is 3. The third kappa shape index (κ3) is 3.50. The molecule has 1 amide bonds. The lowest BCUT2D eigenvalue weighted by Gasteiger charge is -2.16. The van der Waals surface area contributed by atoms with Crippen LogP contribution in [0.15, 0.2) is 53.4 Å². The van der Waals surface area contributed by atoms with Crippen LogP contribution in [0, 0.1) is 11.6 Å². The fourth-order valence-corrected chi connectivity index (χ4v) is 3.58. The highest BCUT2D eigenvalue weighted by Crippen LogP contribution is 2.25. The summed E-state index contributed by atoms with van der Waals surface area (Å²) < 4.78 is 28.4. The van der Waals surface area contributed by atoms with Crippen LogP contribution < -0.4 is 5.32 Å². The zero-order valence-electron chi connectivity index (χ0n) is 14.9. The maximum Gasteiger partial charge on any atom is 0.240 e. The van der Waals surface area contributed by atoms with Crippen molar-refractivity contribution in [1.29, 1.82) is 0 Å².